The van der Waals surface area contributed by atoms with Gasteiger partial charge in [0.25, 0.3) is 5.91 Å². The number of hydrogen-bond donors (Lipinski definition) is 1. The van der Waals surface area contributed by atoms with Crippen molar-refractivity contribution in [3.05, 3.63) is 107 Å². The lowest BCUT2D eigenvalue weighted by atomic mass is 9.87. The molecule has 1 amide bonds. The molecule has 0 aliphatic rings. The number of amides is 1. The van der Waals surface area contributed by atoms with Gasteiger partial charge in [-0.2, -0.15) is 35.1 Å². The van der Waals surface area contributed by atoms with E-state index in [1.165, 1.54) is 37.3 Å². The molecule has 0 unspecified atom stereocenters. The Labute approximate surface area is 257 Å². The summed E-state index contributed by atoms with van der Waals surface area (Å²) in [5.41, 5.74) is -3.16. The fourth-order valence-corrected chi connectivity index (χ4v) is 4.54. The first-order valence-corrected chi connectivity index (χ1v) is 13.1. The van der Waals surface area contributed by atoms with E-state index >= 15 is 0 Å². The van der Waals surface area contributed by atoms with Gasteiger partial charge in [0.05, 0.1) is 11.6 Å². The van der Waals surface area contributed by atoms with E-state index in [0.29, 0.717) is 18.2 Å². The summed E-state index contributed by atoms with van der Waals surface area (Å²) in [4.78, 5) is 13.0. The van der Waals surface area contributed by atoms with Crippen LogP contribution < -0.4 is 14.8 Å². The number of benzene rings is 4. The zero-order valence-electron chi connectivity index (χ0n) is 23.4. The molecule has 1 atom stereocenters. The molecular weight excluding hydrogens is 662 g/mol. The Bertz CT molecular complexity index is 1750. The SMILES string of the molecule is C[C@@H](NC(=O)c1ccc(F)c(C(F)(F)F)c1)c1ccc(OC(F)(F)F)c(-c2cccc(OC(F)(F)C(F)(F)F)c2)c1-c1ccccc1. The molecule has 4 rings (SSSR count). The molecule has 0 radical (unpaired) electrons. The summed E-state index contributed by atoms with van der Waals surface area (Å²) in [6.45, 7) is 1.31. The first-order valence-electron chi connectivity index (χ1n) is 13.1. The van der Waals surface area contributed by atoms with E-state index in [4.69, 9.17) is 0 Å². The van der Waals surface area contributed by atoms with E-state index in [2.05, 4.69) is 14.8 Å². The van der Waals surface area contributed by atoms with Gasteiger partial charge in [0.1, 0.15) is 17.3 Å². The minimum Gasteiger partial charge on any atom is -0.426 e. The van der Waals surface area contributed by atoms with Crippen LogP contribution >= 0.6 is 0 Å². The van der Waals surface area contributed by atoms with Crippen LogP contribution in [0.15, 0.2) is 84.9 Å². The van der Waals surface area contributed by atoms with Gasteiger partial charge in [0, 0.05) is 11.1 Å². The lowest BCUT2D eigenvalue weighted by molar-refractivity contribution is -0.360. The fraction of sp³-hybridized carbons (Fsp3) is 0.194. The van der Waals surface area contributed by atoms with Crippen molar-refractivity contribution in [2.45, 2.75) is 37.8 Å². The van der Waals surface area contributed by atoms with Gasteiger partial charge in [-0.3, -0.25) is 4.79 Å². The molecule has 0 aliphatic carbocycles. The van der Waals surface area contributed by atoms with Gasteiger partial charge in [-0.05, 0) is 65.6 Å². The van der Waals surface area contributed by atoms with Crippen LogP contribution in [0.25, 0.3) is 22.3 Å². The summed E-state index contributed by atoms with van der Waals surface area (Å²) in [6.07, 6.45) is -22.3. The lowest BCUT2D eigenvalue weighted by Crippen LogP contribution is -2.41. The highest BCUT2D eigenvalue weighted by Gasteiger charge is 2.61. The number of alkyl halides is 11. The quantitative estimate of drug-likeness (QED) is 0.188. The Balaban J connectivity index is 1.89. The van der Waals surface area contributed by atoms with E-state index in [9.17, 15) is 57.5 Å². The summed E-state index contributed by atoms with van der Waals surface area (Å²) >= 11 is 0. The molecule has 0 heterocycles. The van der Waals surface area contributed by atoms with Crippen molar-refractivity contribution in [3.63, 3.8) is 0 Å². The molecule has 4 aromatic carbocycles. The van der Waals surface area contributed by atoms with Gasteiger partial charge < -0.3 is 14.8 Å². The van der Waals surface area contributed by atoms with Crippen LogP contribution in [0.5, 0.6) is 11.5 Å². The Morgan fingerprint density at radius 3 is 1.94 bits per heavy atom. The van der Waals surface area contributed by atoms with Gasteiger partial charge in [-0.1, -0.05) is 48.5 Å². The predicted molar refractivity (Wildman–Crippen MR) is 143 cm³/mol. The summed E-state index contributed by atoms with van der Waals surface area (Å²) < 4.78 is 168. The second kappa shape index (κ2) is 12.7. The van der Waals surface area contributed by atoms with Crippen LogP contribution in [0.1, 0.15) is 34.5 Å². The number of carbonyl (C=O) groups excluding carboxylic acids is 1. The highest BCUT2D eigenvalue weighted by Crippen LogP contribution is 2.46. The minimum atomic E-state index is -6.14. The van der Waals surface area contributed by atoms with E-state index in [1.807, 2.05) is 0 Å². The standard InChI is InChI=1S/C31H19F12NO3/c1-16(44-27(45)19-10-12-23(32)22(15-19)28(33,34)35)21-11-13-24(47-31(41,42)43)26(25(21)17-6-3-2-4-7-17)18-8-5-9-20(14-18)46-30(39,40)29(36,37)38/h2-16H,1H3,(H,44,45)/t16-/m1/s1. The largest absolute Gasteiger partial charge is 0.573 e. The Morgan fingerprint density at radius 1 is 0.702 bits per heavy atom. The molecule has 0 spiro atoms. The third-order valence-electron chi connectivity index (χ3n) is 6.53. The van der Waals surface area contributed by atoms with Crippen LogP contribution in [0.3, 0.4) is 0 Å². The van der Waals surface area contributed by atoms with Crippen molar-refractivity contribution >= 4 is 5.91 Å². The smallest absolute Gasteiger partial charge is 0.426 e. The van der Waals surface area contributed by atoms with Crippen LogP contribution in [-0.2, 0) is 6.18 Å². The maximum atomic E-state index is 13.8. The summed E-state index contributed by atoms with van der Waals surface area (Å²) in [7, 11) is 0. The molecule has 1 N–H and O–H groups in total. The number of hydrogen-bond acceptors (Lipinski definition) is 3. The van der Waals surface area contributed by atoms with E-state index in [1.54, 1.807) is 0 Å². The third-order valence-corrected chi connectivity index (χ3v) is 6.53. The van der Waals surface area contributed by atoms with E-state index in [0.717, 1.165) is 30.3 Å². The molecule has 4 nitrogen and oxygen atoms in total. The first kappa shape index (κ1) is 35.0. The minimum absolute atomic E-state index is 0.0131. The van der Waals surface area contributed by atoms with Crippen LogP contribution in [-0.4, -0.2) is 24.6 Å². The van der Waals surface area contributed by atoms with Gasteiger partial charge in [0.2, 0.25) is 0 Å². The monoisotopic (exact) mass is 681 g/mol. The highest BCUT2D eigenvalue weighted by atomic mass is 19.4. The Morgan fingerprint density at radius 2 is 1.34 bits per heavy atom. The van der Waals surface area contributed by atoms with E-state index < -0.39 is 70.8 Å². The molecule has 0 saturated carbocycles. The number of rotatable bonds is 8. The summed E-state index contributed by atoms with van der Waals surface area (Å²) in [5.74, 6) is -4.78. The molecule has 4 aromatic rings. The molecular formula is C31H19F12NO3. The van der Waals surface area contributed by atoms with Crippen molar-refractivity contribution in [1.82, 2.24) is 5.32 Å². The van der Waals surface area contributed by atoms with Crippen LogP contribution in [0, 0.1) is 5.82 Å². The predicted octanol–water partition coefficient (Wildman–Crippen LogP) is 10.1. The second-order valence-electron chi connectivity index (χ2n) is 9.85. The molecule has 47 heavy (non-hydrogen) atoms. The first-order chi connectivity index (χ1) is 21.7. The highest BCUT2D eigenvalue weighted by molar-refractivity contribution is 5.95. The number of nitrogens with one attached hydrogen (secondary N) is 1. The van der Waals surface area contributed by atoms with Crippen molar-refractivity contribution in [2.75, 3.05) is 0 Å². The number of halogens is 12. The fourth-order valence-electron chi connectivity index (χ4n) is 4.54. The maximum Gasteiger partial charge on any atom is 0.573 e. The van der Waals surface area contributed by atoms with Gasteiger partial charge in [-0.25, -0.2) is 4.39 Å². The Kier molecular flexibility index (Phi) is 9.46. The molecule has 0 aliphatic heterocycles. The average Bonchev–Trinajstić information content (AvgIpc) is 2.95. The topological polar surface area (TPSA) is 47.6 Å². The zero-order valence-corrected chi connectivity index (χ0v) is 23.4. The van der Waals surface area contributed by atoms with Crippen molar-refractivity contribution in [3.8, 4) is 33.8 Å². The van der Waals surface area contributed by atoms with Gasteiger partial charge >= 0.3 is 24.8 Å². The second-order valence-corrected chi connectivity index (χ2v) is 9.85. The third kappa shape index (κ3) is 8.10. The van der Waals surface area contributed by atoms with Gasteiger partial charge in [-0.15, -0.1) is 13.2 Å². The molecule has 250 valence electrons. The molecule has 0 bridgehead atoms. The maximum absolute atomic E-state index is 13.8. The van der Waals surface area contributed by atoms with Gasteiger partial charge in [0.15, 0.2) is 0 Å². The van der Waals surface area contributed by atoms with Crippen LogP contribution in [0.2, 0.25) is 0 Å². The lowest BCUT2D eigenvalue weighted by Gasteiger charge is -2.25. The van der Waals surface area contributed by atoms with Crippen molar-refractivity contribution < 1.29 is 67.0 Å². The average molecular weight is 681 g/mol. The van der Waals surface area contributed by atoms with E-state index in [-0.39, 0.29) is 28.3 Å². The molecule has 0 saturated heterocycles. The number of ether oxygens (including phenoxy) is 2. The number of carbonyl (C=O) groups is 1. The normalized spacial score (nSPS) is 13.2. The molecule has 0 fully saturated rings. The Hall–Kier alpha value is -4.89. The van der Waals surface area contributed by atoms with Crippen molar-refractivity contribution in [2.24, 2.45) is 0 Å². The molecule has 0 aromatic heterocycles. The van der Waals surface area contributed by atoms with Crippen molar-refractivity contribution in [1.29, 1.82) is 0 Å². The molecule has 16 heteroatoms. The summed E-state index contributed by atoms with van der Waals surface area (Å²) in [6, 6.07) is 12.7. The van der Waals surface area contributed by atoms with Crippen LogP contribution in [0.4, 0.5) is 52.7 Å². The summed E-state index contributed by atoms with van der Waals surface area (Å²) in [5, 5.41) is 2.39. The zero-order chi connectivity index (χ0) is 34.9.